The van der Waals surface area contributed by atoms with E-state index in [1.807, 2.05) is 0 Å². The summed E-state index contributed by atoms with van der Waals surface area (Å²) < 4.78 is 5.57. The maximum absolute atomic E-state index is 12.8. The molecule has 0 bridgehead atoms. The molecule has 0 radical (unpaired) electrons. The fourth-order valence-electron chi connectivity index (χ4n) is 4.88. The maximum atomic E-state index is 12.8. The second-order valence-electron chi connectivity index (χ2n) is 8.53. The van der Waals surface area contributed by atoms with Crippen LogP contribution >= 0.6 is 0 Å². The van der Waals surface area contributed by atoms with E-state index in [0.29, 0.717) is 29.2 Å². The van der Waals surface area contributed by atoms with Crippen LogP contribution in [0.3, 0.4) is 0 Å². The highest BCUT2D eigenvalue weighted by Gasteiger charge is 2.38. The van der Waals surface area contributed by atoms with Crippen LogP contribution < -0.4 is 5.32 Å². The molecule has 1 aromatic carbocycles. The van der Waals surface area contributed by atoms with Crippen LogP contribution in [0.5, 0.6) is 0 Å². The molecule has 6 heteroatoms. The van der Waals surface area contributed by atoms with E-state index in [0.717, 1.165) is 32.1 Å². The summed E-state index contributed by atoms with van der Waals surface area (Å²) in [5, 5.41) is 3.17. The van der Waals surface area contributed by atoms with Gasteiger partial charge in [0.1, 0.15) is 0 Å². The van der Waals surface area contributed by atoms with E-state index in [1.54, 1.807) is 18.2 Å². The topological polar surface area (TPSA) is 75.7 Å². The Morgan fingerprint density at radius 3 is 2.72 bits per heavy atom. The standard InChI is InChI=1S/C23H30N2O4/c1-2-3-6-15-7-4-9-20(15)24-21(26)16-10-11-18-19(13-16)23(28)25(22(18)27)14-17-8-5-12-29-17/h10-11,13,15,17,20H,2-9,12,14H2,1H3,(H,24,26). The molecule has 2 aliphatic heterocycles. The highest BCUT2D eigenvalue weighted by atomic mass is 16.5. The molecule has 3 amide bonds. The summed E-state index contributed by atoms with van der Waals surface area (Å²) >= 11 is 0. The van der Waals surface area contributed by atoms with Gasteiger partial charge in [0.2, 0.25) is 0 Å². The van der Waals surface area contributed by atoms with Gasteiger partial charge in [-0.15, -0.1) is 0 Å². The van der Waals surface area contributed by atoms with Crippen LogP contribution in [0.15, 0.2) is 18.2 Å². The largest absolute Gasteiger partial charge is 0.376 e. The number of unbranched alkanes of at least 4 members (excludes halogenated alkanes) is 1. The lowest BCUT2D eigenvalue weighted by Gasteiger charge is -2.21. The normalized spacial score (nSPS) is 26.2. The van der Waals surface area contributed by atoms with Gasteiger partial charge in [0.05, 0.1) is 23.8 Å². The molecule has 1 aromatic rings. The number of hydrogen-bond donors (Lipinski definition) is 1. The zero-order valence-corrected chi connectivity index (χ0v) is 17.1. The van der Waals surface area contributed by atoms with Crippen molar-refractivity contribution in [3.63, 3.8) is 0 Å². The Hall–Kier alpha value is -2.21. The predicted octanol–water partition coefficient (Wildman–Crippen LogP) is 3.55. The fourth-order valence-corrected chi connectivity index (χ4v) is 4.88. The van der Waals surface area contributed by atoms with Crippen LogP contribution in [0, 0.1) is 5.92 Å². The first kappa shape index (κ1) is 20.1. The van der Waals surface area contributed by atoms with Crippen molar-refractivity contribution in [1.29, 1.82) is 0 Å². The SMILES string of the molecule is CCCCC1CCCC1NC(=O)c1ccc2c(c1)C(=O)N(CC1CCCO1)C2=O. The highest BCUT2D eigenvalue weighted by molar-refractivity contribution is 6.22. The summed E-state index contributed by atoms with van der Waals surface area (Å²) in [5.74, 6) is -0.225. The molecule has 2 heterocycles. The van der Waals surface area contributed by atoms with Crippen molar-refractivity contribution >= 4 is 17.7 Å². The summed E-state index contributed by atoms with van der Waals surface area (Å²) in [6, 6.07) is 5.06. The van der Waals surface area contributed by atoms with Gasteiger partial charge in [0.25, 0.3) is 17.7 Å². The van der Waals surface area contributed by atoms with Gasteiger partial charge >= 0.3 is 0 Å². The summed E-state index contributed by atoms with van der Waals surface area (Å²) in [6.07, 6.45) is 8.57. The Morgan fingerprint density at radius 2 is 1.97 bits per heavy atom. The van der Waals surface area contributed by atoms with Crippen LogP contribution in [0.4, 0.5) is 0 Å². The minimum absolute atomic E-state index is 0.0811. The van der Waals surface area contributed by atoms with Crippen LogP contribution in [-0.4, -0.2) is 47.9 Å². The highest BCUT2D eigenvalue weighted by Crippen LogP contribution is 2.31. The number of carbonyl (C=O) groups is 3. The zero-order valence-electron chi connectivity index (χ0n) is 17.1. The first-order valence-corrected chi connectivity index (χ1v) is 11.0. The number of benzene rings is 1. The molecule has 156 valence electrons. The first-order chi connectivity index (χ1) is 14.1. The van der Waals surface area contributed by atoms with Gasteiger partial charge in [-0.2, -0.15) is 0 Å². The Labute approximate surface area is 172 Å². The minimum atomic E-state index is -0.322. The Kier molecular flexibility index (Phi) is 5.99. The van der Waals surface area contributed by atoms with Crippen molar-refractivity contribution in [2.24, 2.45) is 5.92 Å². The van der Waals surface area contributed by atoms with E-state index in [9.17, 15) is 14.4 Å². The molecule has 0 spiro atoms. The number of carbonyl (C=O) groups excluding carboxylic acids is 3. The number of nitrogens with one attached hydrogen (secondary N) is 1. The second kappa shape index (κ2) is 8.66. The van der Waals surface area contributed by atoms with Gasteiger partial charge in [0, 0.05) is 18.2 Å². The zero-order chi connectivity index (χ0) is 20.4. The third-order valence-electron chi connectivity index (χ3n) is 6.55. The summed E-state index contributed by atoms with van der Waals surface area (Å²) in [5.41, 5.74) is 1.16. The Morgan fingerprint density at radius 1 is 1.14 bits per heavy atom. The lowest BCUT2D eigenvalue weighted by molar-refractivity contribution is 0.0475. The van der Waals surface area contributed by atoms with Gasteiger partial charge < -0.3 is 10.1 Å². The monoisotopic (exact) mass is 398 g/mol. The molecule has 6 nitrogen and oxygen atoms in total. The van der Waals surface area contributed by atoms with Crippen molar-refractivity contribution < 1.29 is 19.1 Å². The van der Waals surface area contributed by atoms with Crippen LogP contribution in [0.2, 0.25) is 0 Å². The number of hydrogen-bond acceptors (Lipinski definition) is 4. The number of nitrogens with zero attached hydrogens (tertiary/aromatic N) is 1. The number of rotatable bonds is 7. The van der Waals surface area contributed by atoms with E-state index in [4.69, 9.17) is 4.74 Å². The van der Waals surface area contributed by atoms with Crippen LogP contribution in [0.1, 0.15) is 89.4 Å². The van der Waals surface area contributed by atoms with E-state index in [-0.39, 0.29) is 36.4 Å². The van der Waals surface area contributed by atoms with Gasteiger partial charge in [-0.3, -0.25) is 19.3 Å². The molecule has 3 aliphatic rings. The predicted molar refractivity (Wildman–Crippen MR) is 109 cm³/mol. The average Bonchev–Trinajstić information content (AvgIpc) is 3.45. The molecule has 0 aromatic heterocycles. The number of imide groups is 1. The lowest BCUT2D eigenvalue weighted by Crippen LogP contribution is -2.37. The van der Waals surface area contributed by atoms with E-state index in [1.165, 1.54) is 24.2 Å². The Balaban J connectivity index is 1.45. The second-order valence-corrected chi connectivity index (χ2v) is 8.53. The molecule has 1 saturated carbocycles. The summed E-state index contributed by atoms with van der Waals surface area (Å²) in [7, 11) is 0. The number of amides is 3. The first-order valence-electron chi connectivity index (χ1n) is 11.0. The van der Waals surface area contributed by atoms with E-state index in [2.05, 4.69) is 12.2 Å². The van der Waals surface area contributed by atoms with Crippen LogP contribution in [-0.2, 0) is 4.74 Å². The molecular formula is C23H30N2O4. The van der Waals surface area contributed by atoms with E-state index < -0.39 is 0 Å². The molecular weight excluding hydrogens is 368 g/mol. The molecule has 3 unspecified atom stereocenters. The number of fused-ring (bicyclic) bond motifs is 1. The smallest absolute Gasteiger partial charge is 0.261 e. The van der Waals surface area contributed by atoms with Gasteiger partial charge in [-0.05, 0) is 56.2 Å². The molecule has 3 atom stereocenters. The molecule has 29 heavy (non-hydrogen) atoms. The summed E-state index contributed by atoms with van der Waals surface area (Å²) in [4.78, 5) is 39.5. The van der Waals surface area contributed by atoms with Crippen molar-refractivity contribution in [2.45, 2.75) is 70.4 Å². The minimum Gasteiger partial charge on any atom is -0.376 e. The van der Waals surface area contributed by atoms with Gasteiger partial charge in [-0.25, -0.2) is 0 Å². The molecule has 4 rings (SSSR count). The van der Waals surface area contributed by atoms with Gasteiger partial charge in [0.15, 0.2) is 0 Å². The number of ether oxygens (including phenoxy) is 1. The van der Waals surface area contributed by atoms with Crippen molar-refractivity contribution in [2.75, 3.05) is 13.2 Å². The lowest BCUT2D eigenvalue weighted by atomic mass is 9.96. The van der Waals surface area contributed by atoms with Gasteiger partial charge in [-0.1, -0.05) is 26.2 Å². The molecule has 2 fully saturated rings. The van der Waals surface area contributed by atoms with Crippen molar-refractivity contribution in [3.05, 3.63) is 34.9 Å². The average molecular weight is 399 g/mol. The van der Waals surface area contributed by atoms with Crippen LogP contribution in [0.25, 0.3) is 0 Å². The van der Waals surface area contributed by atoms with E-state index >= 15 is 0 Å². The van der Waals surface area contributed by atoms with Crippen molar-refractivity contribution in [3.8, 4) is 0 Å². The third kappa shape index (κ3) is 4.08. The molecule has 1 aliphatic carbocycles. The van der Waals surface area contributed by atoms with Crippen molar-refractivity contribution in [1.82, 2.24) is 10.2 Å². The summed E-state index contributed by atoms with van der Waals surface area (Å²) in [6.45, 7) is 3.15. The fraction of sp³-hybridized carbons (Fsp3) is 0.609. The Bertz CT molecular complexity index is 800. The quantitative estimate of drug-likeness (QED) is 0.713. The third-order valence-corrected chi connectivity index (χ3v) is 6.55. The maximum Gasteiger partial charge on any atom is 0.261 e. The molecule has 1 saturated heterocycles. The molecule has 1 N–H and O–H groups in total.